The molecule has 0 saturated carbocycles. The van der Waals surface area contributed by atoms with E-state index >= 15 is 0 Å². The van der Waals surface area contributed by atoms with E-state index in [-0.39, 0.29) is 6.61 Å². The molecule has 0 aliphatic rings. The SMILES string of the molecule is CCCCc1ncc(C(=O)OCC)c(NCc2ccc(-c3ccccc3-c3nnnn3C(c3ccccc3)(c3ccccc3)c3ccccc3)cc2)n1. The van der Waals surface area contributed by atoms with Crippen LogP contribution in [0.1, 0.15) is 65.1 Å². The quantitative estimate of drug-likeness (QED) is 0.0887. The van der Waals surface area contributed by atoms with E-state index in [1.807, 2.05) is 35.0 Å². The number of anilines is 1. The standard InChI is InChI=1S/C44H41N7O2/c1-3-5-25-40-45-31-39(43(52)53-4-2)41(47-40)46-30-32-26-28-33(29-27-32)37-23-15-16-24-38(37)42-48-49-50-51(42)44(34-17-9-6-10-18-34,35-19-11-7-12-20-35)36-21-13-8-14-22-36/h6-24,26-29,31H,3-5,25,30H2,1-2H3,(H,45,46,47). The van der Waals surface area contributed by atoms with E-state index in [0.717, 1.165) is 58.2 Å². The monoisotopic (exact) mass is 699 g/mol. The maximum atomic E-state index is 12.7. The second-order valence-corrected chi connectivity index (χ2v) is 12.7. The first-order valence-corrected chi connectivity index (χ1v) is 18.0. The Bertz CT molecular complexity index is 2160. The number of rotatable bonds is 14. The number of esters is 1. The van der Waals surface area contributed by atoms with Crippen LogP contribution in [0.2, 0.25) is 0 Å². The molecule has 0 fully saturated rings. The highest BCUT2D eigenvalue weighted by Crippen LogP contribution is 2.43. The molecular weight excluding hydrogens is 659 g/mol. The first-order chi connectivity index (χ1) is 26.1. The maximum Gasteiger partial charge on any atom is 0.343 e. The fraction of sp³-hybridized carbons (Fsp3) is 0.182. The summed E-state index contributed by atoms with van der Waals surface area (Å²) in [6, 6.07) is 47.8. The van der Waals surface area contributed by atoms with E-state index in [0.29, 0.717) is 29.6 Å². The minimum atomic E-state index is -0.870. The minimum Gasteiger partial charge on any atom is -0.462 e. The van der Waals surface area contributed by atoms with Crippen molar-refractivity contribution in [1.82, 2.24) is 30.2 Å². The topological polar surface area (TPSA) is 108 Å². The van der Waals surface area contributed by atoms with Crippen LogP contribution < -0.4 is 5.32 Å². The van der Waals surface area contributed by atoms with Crippen molar-refractivity contribution in [2.45, 2.75) is 45.2 Å². The molecule has 0 spiro atoms. The Morgan fingerprint density at radius 2 is 1.32 bits per heavy atom. The number of hydrogen-bond acceptors (Lipinski definition) is 8. The molecule has 7 aromatic rings. The third-order valence-corrected chi connectivity index (χ3v) is 9.34. The Labute approximate surface area is 309 Å². The highest BCUT2D eigenvalue weighted by atomic mass is 16.5. The summed E-state index contributed by atoms with van der Waals surface area (Å²) in [4.78, 5) is 21.8. The average molecular weight is 700 g/mol. The zero-order valence-corrected chi connectivity index (χ0v) is 29.9. The first kappa shape index (κ1) is 34.9. The largest absolute Gasteiger partial charge is 0.462 e. The Morgan fingerprint density at radius 1 is 0.736 bits per heavy atom. The molecule has 53 heavy (non-hydrogen) atoms. The number of ether oxygens (including phenoxy) is 1. The molecule has 0 saturated heterocycles. The van der Waals surface area contributed by atoms with E-state index in [4.69, 9.17) is 15.0 Å². The number of tetrazole rings is 1. The summed E-state index contributed by atoms with van der Waals surface area (Å²) >= 11 is 0. The summed E-state index contributed by atoms with van der Waals surface area (Å²) in [6.45, 7) is 4.65. The van der Waals surface area contributed by atoms with Crippen molar-refractivity contribution < 1.29 is 9.53 Å². The van der Waals surface area contributed by atoms with Crippen LogP contribution in [0, 0.1) is 0 Å². The zero-order valence-electron chi connectivity index (χ0n) is 29.9. The van der Waals surface area contributed by atoms with Gasteiger partial charge in [0.2, 0.25) is 0 Å². The molecule has 0 aliphatic heterocycles. The van der Waals surface area contributed by atoms with Gasteiger partial charge in [-0.2, -0.15) is 0 Å². The molecule has 0 amide bonds. The summed E-state index contributed by atoms with van der Waals surface area (Å²) in [5, 5.41) is 17.1. The summed E-state index contributed by atoms with van der Waals surface area (Å²) < 4.78 is 7.24. The molecule has 0 atom stereocenters. The number of hydrogen-bond donors (Lipinski definition) is 1. The van der Waals surface area contributed by atoms with Crippen LogP contribution in [0.4, 0.5) is 5.82 Å². The summed E-state index contributed by atoms with van der Waals surface area (Å²) in [5.41, 5.74) is 6.49. The second-order valence-electron chi connectivity index (χ2n) is 12.7. The van der Waals surface area contributed by atoms with Crippen molar-refractivity contribution >= 4 is 11.8 Å². The van der Waals surface area contributed by atoms with E-state index in [1.54, 1.807) is 13.1 Å². The van der Waals surface area contributed by atoms with Crippen LogP contribution in [0.25, 0.3) is 22.5 Å². The second kappa shape index (κ2) is 16.2. The number of carbonyl (C=O) groups excluding carboxylic acids is 1. The van der Waals surface area contributed by atoms with Gasteiger partial charge in [-0.3, -0.25) is 0 Å². The summed E-state index contributed by atoms with van der Waals surface area (Å²) in [7, 11) is 0. The van der Waals surface area contributed by atoms with Crippen molar-refractivity contribution in [1.29, 1.82) is 0 Å². The highest BCUT2D eigenvalue weighted by Gasteiger charge is 2.42. The van der Waals surface area contributed by atoms with Gasteiger partial charge in [0.15, 0.2) is 5.82 Å². The molecule has 264 valence electrons. The molecule has 0 radical (unpaired) electrons. The number of benzene rings is 5. The third-order valence-electron chi connectivity index (χ3n) is 9.34. The Balaban J connectivity index is 1.25. The fourth-order valence-electron chi connectivity index (χ4n) is 6.77. The number of unbranched alkanes of at least 4 members (excludes halogenated alkanes) is 1. The lowest BCUT2D eigenvalue weighted by atomic mass is 9.77. The van der Waals surface area contributed by atoms with Gasteiger partial charge in [0.1, 0.15) is 22.7 Å². The number of aryl methyl sites for hydroxylation is 1. The van der Waals surface area contributed by atoms with Crippen LogP contribution in [-0.2, 0) is 23.2 Å². The van der Waals surface area contributed by atoms with E-state index in [2.05, 4.69) is 137 Å². The van der Waals surface area contributed by atoms with Gasteiger partial charge in [0.25, 0.3) is 0 Å². The first-order valence-electron chi connectivity index (χ1n) is 18.0. The average Bonchev–Trinajstić information content (AvgIpc) is 3.71. The van der Waals surface area contributed by atoms with Crippen molar-refractivity contribution in [2.75, 3.05) is 11.9 Å². The molecule has 0 bridgehead atoms. The van der Waals surface area contributed by atoms with Crippen molar-refractivity contribution in [3.05, 3.63) is 179 Å². The Hall–Kier alpha value is -6.48. The number of nitrogens with one attached hydrogen (secondary N) is 1. The van der Waals surface area contributed by atoms with Crippen molar-refractivity contribution in [3.63, 3.8) is 0 Å². The van der Waals surface area contributed by atoms with Crippen LogP contribution in [0.5, 0.6) is 0 Å². The van der Waals surface area contributed by atoms with Crippen molar-refractivity contribution in [3.8, 4) is 22.5 Å². The molecule has 0 unspecified atom stereocenters. The van der Waals surface area contributed by atoms with Gasteiger partial charge < -0.3 is 10.1 Å². The van der Waals surface area contributed by atoms with Crippen LogP contribution in [0.3, 0.4) is 0 Å². The lowest BCUT2D eigenvalue weighted by Gasteiger charge is -2.36. The summed E-state index contributed by atoms with van der Waals surface area (Å²) in [5.74, 6) is 1.37. The molecule has 0 aliphatic carbocycles. The zero-order chi connectivity index (χ0) is 36.5. The highest BCUT2D eigenvalue weighted by molar-refractivity contribution is 5.94. The molecule has 7 rings (SSSR count). The third kappa shape index (κ3) is 7.19. The number of nitrogens with zero attached hydrogens (tertiary/aromatic N) is 6. The normalized spacial score (nSPS) is 11.3. The van der Waals surface area contributed by atoms with Crippen LogP contribution >= 0.6 is 0 Å². The fourth-order valence-corrected chi connectivity index (χ4v) is 6.77. The van der Waals surface area contributed by atoms with Gasteiger partial charge >= 0.3 is 5.97 Å². The lowest BCUT2D eigenvalue weighted by Crippen LogP contribution is -2.39. The molecular formula is C44H41N7O2. The molecule has 5 aromatic carbocycles. The summed E-state index contributed by atoms with van der Waals surface area (Å²) in [6.07, 6.45) is 4.31. The lowest BCUT2D eigenvalue weighted by molar-refractivity contribution is 0.0526. The predicted molar refractivity (Wildman–Crippen MR) is 207 cm³/mol. The molecule has 9 nitrogen and oxygen atoms in total. The van der Waals surface area contributed by atoms with E-state index < -0.39 is 11.5 Å². The van der Waals surface area contributed by atoms with Gasteiger partial charge in [-0.25, -0.2) is 19.4 Å². The van der Waals surface area contributed by atoms with Crippen LogP contribution in [0.15, 0.2) is 146 Å². The molecule has 2 heterocycles. The number of carbonyl (C=O) groups is 1. The van der Waals surface area contributed by atoms with Gasteiger partial charge in [-0.05, 0) is 57.2 Å². The van der Waals surface area contributed by atoms with Crippen molar-refractivity contribution in [2.24, 2.45) is 0 Å². The Morgan fingerprint density at radius 3 is 1.91 bits per heavy atom. The predicted octanol–water partition coefficient (Wildman–Crippen LogP) is 8.77. The van der Waals surface area contributed by atoms with Gasteiger partial charge in [-0.1, -0.05) is 153 Å². The van der Waals surface area contributed by atoms with Gasteiger partial charge in [-0.15, -0.1) is 5.10 Å². The number of aromatic nitrogens is 6. The van der Waals surface area contributed by atoms with Gasteiger partial charge in [0, 0.05) is 24.7 Å². The molecule has 9 heteroatoms. The van der Waals surface area contributed by atoms with E-state index in [1.165, 1.54) is 0 Å². The minimum absolute atomic E-state index is 0.275. The van der Waals surface area contributed by atoms with E-state index in [9.17, 15) is 4.79 Å². The maximum absolute atomic E-state index is 12.7. The molecule has 2 aromatic heterocycles. The van der Waals surface area contributed by atoms with Crippen LogP contribution in [-0.4, -0.2) is 42.8 Å². The smallest absolute Gasteiger partial charge is 0.343 e. The molecule has 1 N–H and O–H groups in total. The van der Waals surface area contributed by atoms with Gasteiger partial charge in [0.05, 0.1) is 6.61 Å². The Kier molecular flexibility index (Phi) is 10.7.